The summed E-state index contributed by atoms with van der Waals surface area (Å²) in [5.74, 6) is 1.94. The molecule has 0 unspecified atom stereocenters. The summed E-state index contributed by atoms with van der Waals surface area (Å²) in [6.07, 6.45) is 7.39. The highest BCUT2D eigenvalue weighted by molar-refractivity contribution is 5.92. The third-order valence-corrected chi connectivity index (χ3v) is 4.31. The number of oxazole rings is 1. The van der Waals surface area contributed by atoms with Gasteiger partial charge in [0.2, 0.25) is 12.7 Å². The molecule has 1 aliphatic heterocycles. The van der Waals surface area contributed by atoms with Gasteiger partial charge in [-0.3, -0.25) is 4.79 Å². The van der Waals surface area contributed by atoms with Crippen molar-refractivity contribution in [1.82, 2.24) is 19.9 Å². The Kier molecular flexibility index (Phi) is 5.14. The minimum atomic E-state index is -0.287. The number of fused-ring (bicyclic) bond motifs is 1. The second kappa shape index (κ2) is 8.03. The number of aromatic nitrogens is 3. The standard InChI is InChI=1S/C19H20N4O5/c1-2-13(8-23-6-5-20-11-23)21-19(24)15-9-26-18(22-15)10-25-14-3-4-16-17(7-14)28-12-27-16/h3-7,9,11,13H,2,8,10,12H2,1H3,(H,21,24)/t13-/m1/s1. The Labute approximate surface area is 161 Å². The molecule has 0 aliphatic carbocycles. The molecule has 9 heteroatoms. The van der Waals surface area contributed by atoms with E-state index in [1.807, 2.05) is 17.7 Å². The fraction of sp³-hybridized carbons (Fsp3) is 0.316. The maximum atomic E-state index is 12.4. The fourth-order valence-electron chi connectivity index (χ4n) is 2.78. The number of nitrogens with one attached hydrogen (secondary N) is 1. The summed E-state index contributed by atoms with van der Waals surface area (Å²) in [5.41, 5.74) is 0.216. The maximum absolute atomic E-state index is 12.4. The largest absolute Gasteiger partial charge is 0.484 e. The molecule has 3 aromatic rings. The zero-order valence-electron chi connectivity index (χ0n) is 15.3. The van der Waals surface area contributed by atoms with Gasteiger partial charge in [0.05, 0.1) is 6.33 Å². The van der Waals surface area contributed by atoms with Crippen LogP contribution in [0.3, 0.4) is 0 Å². The molecule has 0 saturated carbocycles. The van der Waals surface area contributed by atoms with Gasteiger partial charge in [0.1, 0.15) is 12.0 Å². The highest BCUT2D eigenvalue weighted by Gasteiger charge is 2.18. The Morgan fingerprint density at radius 1 is 1.36 bits per heavy atom. The summed E-state index contributed by atoms with van der Waals surface area (Å²) in [4.78, 5) is 20.6. The van der Waals surface area contributed by atoms with Crippen LogP contribution in [-0.2, 0) is 13.2 Å². The lowest BCUT2D eigenvalue weighted by Gasteiger charge is -2.16. The molecule has 1 amide bonds. The molecule has 3 heterocycles. The zero-order valence-corrected chi connectivity index (χ0v) is 15.3. The van der Waals surface area contributed by atoms with Crippen LogP contribution in [0.15, 0.2) is 47.6 Å². The highest BCUT2D eigenvalue weighted by Crippen LogP contribution is 2.35. The van der Waals surface area contributed by atoms with Crippen molar-refractivity contribution >= 4 is 5.91 Å². The van der Waals surface area contributed by atoms with Crippen LogP contribution < -0.4 is 19.5 Å². The minimum absolute atomic E-state index is 0.0354. The normalized spacial score (nSPS) is 13.3. The van der Waals surface area contributed by atoms with Crippen molar-refractivity contribution in [2.24, 2.45) is 0 Å². The molecule has 146 valence electrons. The number of carbonyl (C=O) groups excluding carboxylic acids is 1. The zero-order chi connectivity index (χ0) is 19.3. The smallest absolute Gasteiger partial charge is 0.273 e. The lowest BCUT2D eigenvalue weighted by molar-refractivity contribution is 0.0926. The van der Waals surface area contributed by atoms with Crippen LogP contribution in [0.1, 0.15) is 29.7 Å². The molecule has 0 bridgehead atoms. The van der Waals surface area contributed by atoms with Crippen molar-refractivity contribution in [3.8, 4) is 17.2 Å². The first-order valence-corrected chi connectivity index (χ1v) is 8.94. The van der Waals surface area contributed by atoms with Crippen molar-refractivity contribution in [2.75, 3.05) is 6.79 Å². The topological polar surface area (TPSA) is 101 Å². The number of hydrogen-bond donors (Lipinski definition) is 1. The van der Waals surface area contributed by atoms with E-state index in [1.165, 1.54) is 6.26 Å². The van der Waals surface area contributed by atoms with Gasteiger partial charge in [-0.15, -0.1) is 0 Å². The Balaban J connectivity index is 1.32. The first-order chi connectivity index (χ1) is 13.7. The second-order valence-corrected chi connectivity index (χ2v) is 6.27. The van der Waals surface area contributed by atoms with Crippen LogP contribution in [0.2, 0.25) is 0 Å². The number of rotatable bonds is 8. The number of nitrogens with zero attached hydrogens (tertiary/aromatic N) is 3. The van der Waals surface area contributed by atoms with E-state index < -0.39 is 0 Å². The van der Waals surface area contributed by atoms with Crippen LogP contribution in [-0.4, -0.2) is 33.3 Å². The Morgan fingerprint density at radius 3 is 3.07 bits per heavy atom. The van der Waals surface area contributed by atoms with Gasteiger partial charge in [0.15, 0.2) is 23.8 Å². The van der Waals surface area contributed by atoms with Crippen molar-refractivity contribution in [1.29, 1.82) is 0 Å². The van der Waals surface area contributed by atoms with Crippen LogP contribution in [0.4, 0.5) is 0 Å². The summed E-state index contributed by atoms with van der Waals surface area (Å²) in [6.45, 7) is 2.95. The number of hydrogen-bond acceptors (Lipinski definition) is 7. The lowest BCUT2D eigenvalue weighted by atomic mass is 10.2. The lowest BCUT2D eigenvalue weighted by Crippen LogP contribution is -2.37. The van der Waals surface area contributed by atoms with E-state index in [2.05, 4.69) is 15.3 Å². The molecule has 1 aliphatic rings. The van der Waals surface area contributed by atoms with Crippen molar-refractivity contribution < 1.29 is 23.4 Å². The molecule has 2 aromatic heterocycles. The number of carbonyl (C=O) groups is 1. The van der Waals surface area contributed by atoms with Gasteiger partial charge < -0.3 is 28.5 Å². The molecule has 0 spiro atoms. The minimum Gasteiger partial charge on any atom is -0.484 e. The first kappa shape index (κ1) is 17.9. The van der Waals surface area contributed by atoms with E-state index in [-0.39, 0.29) is 31.0 Å². The molecular weight excluding hydrogens is 364 g/mol. The maximum Gasteiger partial charge on any atom is 0.273 e. The number of ether oxygens (including phenoxy) is 3. The second-order valence-electron chi connectivity index (χ2n) is 6.27. The van der Waals surface area contributed by atoms with Gasteiger partial charge in [0.25, 0.3) is 5.91 Å². The molecule has 1 N–H and O–H groups in total. The van der Waals surface area contributed by atoms with Crippen molar-refractivity contribution in [3.63, 3.8) is 0 Å². The third-order valence-electron chi connectivity index (χ3n) is 4.31. The molecule has 0 fully saturated rings. The fourth-order valence-corrected chi connectivity index (χ4v) is 2.78. The SMILES string of the molecule is CC[C@H](Cn1ccnc1)NC(=O)c1coc(COc2ccc3c(c2)OCO3)n1. The summed E-state index contributed by atoms with van der Waals surface area (Å²) in [7, 11) is 0. The Hall–Kier alpha value is -3.49. The quantitative estimate of drug-likeness (QED) is 0.636. The molecule has 1 atom stereocenters. The number of imidazole rings is 1. The van der Waals surface area contributed by atoms with E-state index in [0.717, 1.165) is 6.42 Å². The average molecular weight is 384 g/mol. The van der Waals surface area contributed by atoms with Crippen LogP contribution in [0.25, 0.3) is 0 Å². The number of amides is 1. The predicted octanol–water partition coefficient (Wildman–Crippen LogP) is 2.39. The highest BCUT2D eigenvalue weighted by atomic mass is 16.7. The van der Waals surface area contributed by atoms with Crippen LogP contribution >= 0.6 is 0 Å². The van der Waals surface area contributed by atoms with Gasteiger partial charge in [-0.1, -0.05) is 6.92 Å². The molecule has 9 nitrogen and oxygen atoms in total. The summed E-state index contributed by atoms with van der Waals surface area (Å²) >= 11 is 0. The van der Waals surface area contributed by atoms with Crippen molar-refractivity contribution in [2.45, 2.75) is 32.5 Å². The van der Waals surface area contributed by atoms with Gasteiger partial charge in [-0.05, 0) is 18.6 Å². The first-order valence-electron chi connectivity index (χ1n) is 8.94. The van der Waals surface area contributed by atoms with Gasteiger partial charge >= 0.3 is 0 Å². The summed E-state index contributed by atoms with van der Waals surface area (Å²) in [5, 5.41) is 2.96. The van der Waals surface area contributed by atoms with E-state index in [4.69, 9.17) is 18.6 Å². The Morgan fingerprint density at radius 2 is 2.25 bits per heavy atom. The summed E-state index contributed by atoms with van der Waals surface area (Å²) < 4.78 is 23.5. The van der Waals surface area contributed by atoms with E-state index in [1.54, 1.807) is 30.7 Å². The van der Waals surface area contributed by atoms with Crippen molar-refractivity contribution in [3.05, 3.63) is 54.8 Å². The third kappa shape index (κ3) is 4.08. The molecule has 1 aromatic carbocycles. The van der Waals surface area contributed by atoms with Crippen LogP contribution in [0, 0.1) is 0 Å². The van der Waals surface area contributed by atoms with Gasteiger partial charge in [-0.2, -0.15) is 0 Å². The molecule has 0 saturated heterocycles. The monoisotopic (exact) mass is 384 g/mol. The summed E-state index contributed by atoms with van der Waals surface area (Å²) in [6, 6.07) is 5.25. The molecule has 0 radical (unpaired) electrons. The molecule has 28 heavy (non-hydrogen) atoms. The van der Waals surface area contributed by atoms with E-state index >= 15 is 0 Å². The molecular formula is C19H20N4O5. The predicted molar refractivity (Wildman–Crippen MR) is 97.2 cm³/mol. The van der Waals surface area contributed by atoms with Gasteiger partial charge in [0, 0.05) is 31.0 Å². The average Bonchev–Trinajstić information content (AvgIpc) is 3.46. The van der Waals surface area contributed by atoms with E-state index in [0.29, 0.717) is 29.7 Å². The molecule has 4 rings (SSSR count). The van der Waals surface area contributed by atoms with Gasteiger partial charge in [-0.25, -0.2) is 9.97 Å². The Bertz CT molecular complexity index is 938. The van der Waals surface area contributed by atoms with Crippen LogP contribution in [0.5, 0.6) is 17.2 Å². The van der Waals surface area contributed by atoms with E-state index in [9.17, 15) is 4.79 Å². The number of benzene rings is 1.